The highest BCUT2D eigenvalue weighted by Crippen LogP contribution is 2.40. The molecular formula is C16H16N4O4S. The molecule has 0 saturated heterocycles. The lowest BCUT2D eigenvalue weighted by Gasteiger charge is -2.32. The minimum absolute atomic E-state index is 0.116. The summed E-state index contributed by atoms with van der Waals surface area (Å²) in [6.45, 7) is 0.875. The van der Waals surface area contributed by atoms with Crippen molar-refractivity contribution in [1.82, 2.24) is 14.5 Å². The monoisotopic (exact) mass is 360 g/mol. The van der Waals surface area contributed by atoms with Crippen LogP contribution in [0.5, 0.6) is 5.88 Å². The molecule has 0 unspecified atom stereocenters. The third-order valence-corrected chi connectivity index (χ3v) is 6.39. The minimum atomic E-state index is -4.04. The van der Waals surface area contributed by atoms with Gasteiger partial charge in [-0.15, -0.1) is 0 Å². The molecule has 2 heterocycles. The van der Waals surface area contributed by atoms with Crippen molar-refractivity contribution in [3.63, 3.8) is 0 Å². The Morgan fingerprint density at radius 2 is 1.88 bits per heavy atom. The third-order valence-electron chi connectivity index (χ3n) is 5.07. The van der Waals surface area contributed by atoms with Crippen LogP contribution in [0.2, 0.25) is 0 Å². The van der Waals surface area contributed by atoms with Gasteiger partial charge >= 0.3 is 6.03 Å². The van der Waals surface area contributed by atoms with Crippen LogP contribution in [0.15, 0.2) is 17.2 Å². The van der Waals surface area contributed by atoms with Crippen LogP contribution in [-0.2, 0) is 42.3 Å². The van der Waals surface area contributed by atoms with E-state index < -0.39 is 16.1 Å². The van der Waals surface area contributed by atoms with E-state index in [1.807, 2.05) is 0 Å². The van der Waals surface area contributed by atoms with E-state index in [-0.39, 0.29) is 10.8 Å². The average Bonchev–Trinajstić information content (AvgIpc) is 3.05. The summed E-state index contributed by atoms with van der Waals surface area (Å²) in [5.74, 6) is 0.174. The zero-order chi connectivity index (χ0) is 17.2. The van der Waals surface area contributed by atoms with Crippen LogP contribution in [-0.4, -0.2) is 30.8 Å². The lowest BCUT2D eigenvalue weighted by Crippen LogP contribution is -2.36. The fourth-order valence-corrected chi connectivity index (χ4v) is 4.60. The van der Waals surface area contributed by atoms with Crippen molar-refractivity contribution in [1.29, 1.82) is 0 Å². The summed E-state index contributed by atoms with van der Waals surface area (Å²) in [5, 5.41) is 6.72. The number of nitrogens with zero attached hydrogens (tertiary/aromatic N) is 2. The molecule has 0 fully saturated rings. The Morgan fingerprint density at radius 3 is 2.52 bits per heavy atom. The van der Waals surface area contributed by atoms with Gasteiger partial charge in [-0.05, 0) is 47.9 Å². The maximum atomic E-state index is 12.5. The van der Waals surface area contributed by atoms with Crippen LogP contribution in [0.3, 0.4) is 0 Å². The fraction of sp³-hybridized carbons (Fsp3) is 0.375. The number of fused-ring (bicyclic) bond motifs is 3. The van der Waals surface area contributed by atoms with Gasteiger partial charge in [0.2, 0.25) is 5.88 Å². The molecule has 0 spiro atoms. The van der Waals surface area contributed by atoms with Gasteiger partial charge in [-0.1, -0.05) is 6.07 Å². The smallest absolute Gasteiger partial charge is 0.333 e. The number of sulfonamides is 1. The lowest BCUT2D eigenvalue weighted by atomic mass is 9.76. The molecule has 2 N–H and O–H groups in total. The highest BCUT2D eigenvalue weighted by Gasteiger charge is 2.31. The highest BCUT2D eigenvalue weighted by molar-refractivity contribution is 7.90. The summed E-state index contributed by atoms with van der Waals surface area (Å²) in [6, 6.07) is 1.44. The minimum Gasteiger partial charge on any atom is -0.475 e. The van der Waals surface area contributed by atoms with E-state index >= 15 is 0 Å². The van der Waals surface area contributed by atoms with Gasteiger partial charge in [0, 0.05) is 5.69 Å². The molecule has 0 radical (unpaired) electrons. The summed E-state index contributed by atoms with van der Waals surface area (Å²) in [6.07, 6.45) is 5.05. The van der Waals surface area contributed by atoms with Gasteiger partial charge in [-0.2, -0.15) is 5.10 Å². The van der Waals surface area contributed by atoms with Crippen molar-refractivity contribution in [2.75, 3.05) is 11.9 Å². The van der Waals surface area contributed by atoms with E-state index in [0.29, 0.717) is 13.2 Å². The molecule has 0 saturated carbocycles. The van der Waals surface area contributed by atoms with Crippen molar-refractivity contribution in [2.45, 2.75) is 37.1 Å². The molecule has 1 aromatic heterocycles. The van der Waals surface area contributed by atoms with E-state index in [1.54, 1.807) is 0 Å². The number of amides is 2. The van der Waals surface area contributed by atoms with Crippen LogP contribution in [0, 0.1) is 0 Å². The number of benzene rings is 1. The number of rotatable bonds is 3. The maximum Gasteiger partial charge on any atom is 0.333 e. The molecule has 8 nitrogen and oxygen atoms in total. The number of aromatic nitrogens is 2. The molecule has 0 bridgehead atoms. The Hall–Kier alpha value is -2.55. The summed E-state index contributed by atoms with van der Waals surface area (Å²) < 4.78 is 33.8. The number of hydrogen-bond acceptors (Lipinski definition) is 5. The van der Waals surface area contributed by atoms with Gasteiger partial charge in [0.1, 0.15) is 6.61 Å². The van der Waals surface area contributed by atoms with E-state index in [1.165, 1.54) is 22.0 Å². The van der Waals surface area contributed by atoms with Crippen LogP contribution < -0.4 is 14.8 Å². The molecule has 2 amide bonds. The van der Waals surface area contributed by atoms with Crippen molar-refractivity contribution in [3.05, 3.63) is 34.5 Å². The van der Waals surface area contributed by atoms with Crippen LogP contribution in [0.1, 0.15) is 22.3 Å². The van der Waals surface area contributed by atoms with Crippen molar-refractivity contribution >= 4 is 21.7 Å². The normalized spacial score (nSPS) is 16.6. The Kier molecular flexibility index (Phi) is 2.94. The maximum absolute atomic E-state index is 12.5. The Labute approximate surface area is 144 Å². The first-order valence-electron chi connectivity index (χ1n) is 8.22. The predicted octanol–water partition coefficient (Wildman–Crippen LogP) is 0.983. The molecule has 2 aromatic rings. The Balaban J connectivity index is 1.39. The largest absolute Gasteiger partial charge is 0.475 e. The number of nitrogens with one attached hydrogen (secondary N) is 2. The molecule has 0 atom stereocenters. The van der Waals surface area contributed by atoms with Crippen LogP contribution in [0.25, 0.3) is 0 Å². The number of carbonyl (C=O) groups excluding carboxylic acids is 1. The first-order chi connectivity index (χ1) is 12.0. The number of aryl methyl sites for hydroxylation is 2. The molecule has 5 rings (SSSR count). The van der Waals surface area contributed by atoms with Gasteiger partial charge in [0.05, 0.1) is 12.7 Å². The van der Waals surface area contributed by atoms with Crippen LogP contribution >= 0.6 is 0 Å². The third kappa shape index (κ3) is 2.15. The predicted molar refractivity (Wildman–Crippen MR) is 88.3 cm³/mol. The van der Waals surface area contributed by atoms with Gasteiger partial charge < -0.3 is 10.1 Å². The molecule has 1 aliphatic heterocycles. The molecule has 3 aliphatic rings. The summed E-state index contributed by atoms with van der Waals surface area (Å²) in [4.78, 5) is 12.2. The highest BCUT2D eigenvalue weighted by atomic mass is 32.2. The van der Waals surface area contributed by atoms with Crippen LogP contribution in [0.4, 0.5) is 10.5 Å². The van der Waals surface area contributed by atoms with E-state index in [2.05, 4.69) is 21.2 Å². The van der Waals surface area contributed by atoms with Gasteiger partial charge in [-0.3, -0.25) is 0 Å². The molecule has 25 heavy (non-hydrogen) atoms. The van der Waals surface area contributed by atoms with Gasteiger partial charge in [-0.25, -0.2) is 22.6 Å². The molecule has 1 aromatic carbocycles. The molecule has 130 valence electrons. The standard InChI is InChI=1S/C16H16N4O4S/c21-16(18-14-11-3-1-9(11)7-10-2-4-12(10)14)19-25(22,23)13-8-17-20-5-6-24-15(13)20/h7-8H,1-6H2,(H2,18,19,21). The zero-order valence-electron chi connectivity index (χ0n) is 13.3. The number of anilines is 1. The number of urea groups is 1. The molecule has 9 heteroatoms. The summed E-state index contributed by atoms with van der Waals surface area (Å²) in [5.41, 5.74) is 5.54. The van der Waals surface area contributed by atoms with E-state index in [9.17, 15) is 13.2 Å². The van der Waals surface area contributed by atoms with E-state index in [0.717, 1.165) is 42.5 Å². The first kappa shape index (κ1) is 14.8. The quantitative estimate of drug-likeness (QED) is 0.850. The van der Waals surface area contributed by atoms with Gasteiger partial charge in [0.25, 0.3) is 10.0 Å². The molecular weight excluding hydrogens is 344 g/mol. The lowest BCUT2D eigenvalue weighted by molar-refractivity contribution is 0.256. The first-order valence-corrected chi connectivity index (χ1v) is 9.70. The van der Waals surface area contributed by atoms with Crippen molar-refractivity contribution in [2.24, 2.45) is 0 Å². The van der Waals surface area contributed by atoms with Gasteiger partial charge in [0.15, 0.2) is 4.90 Å². The molecule has 2 aliphatic carbocycles. The van der Waals surface area contributed by atoms with Crippen molar-refractivity contribution < 1.29 is 17.9 Å². The SMILES string of the molecule is O=C(Nc1c2c(cc3c1CC3)CC2)NS(=O)(=O)c1cnn2c1OCC2. The van der Waals surface area contributed by atoms with Crippen molar-refractivity contribution in [3.8, 4) is 5.88 Å². The second kappa shape index (κ2) is 4.98. The number of ether oxygens (including phenoxy) is 1. The Bertz CT molecular complexity index is 995. The second-order valence-electron chi connectivity index (χ2n) is 6.47. The summed E-state index contributed by atoms with van der Waals surface area (Å²) >= 11 is 0. The van der Waals surface area contributed by atoms with E-state index in [4.69, 9.17) is 4.74 Å². The zero-order valence-corrected chi connectivity index (χ0v) is 14.1. The topological polar surface area (TPSA) is 102 Å². The summed E-state index contributed by atoms with van der Waals surface area (Å²) in [7, 11) is -4.04. The second-order valence-corrected chi connectivity index (χ2v) is 8.12. The average molecular weight is 360 g/mol. The number of hydrogen-bond donors (Lipinski definition) is 2. The Morgan fingerprint density at radius 1 is 1.16 bits per heavy atom. The fourth-order valence-electron chi connectivity index (χ4n) is 3.61. The number of carbonyl (C=O) groups is 1.